The summed E-state index contributed by atoms with van der Waals surface area (Å²) < 4.78 is 4.48. The maximum Gasteiger partial charge on any atom is 0.178 e. The Morgan fingerprint density at radius 3 is 2.65 bits per heavy atom. The van der Waals surface area contributed by atoms with Gasteiger partial charge in [0.1, 0.15) is 0 Å². The molecule has 104 valence electrons. The molecule has 1 N–H and O–H groups in total. The topological polar surface area (TPSA) is 38.5 Å². The van der Waals surface area contributed by atoms with E-state index in [9.17, 15) is 0 Å². The third kappa shape index (κ3) is 2.16. The van der Waals surface area contributed by atoms with Crippen molar-refractivity contribution < 1.29 is 0 Å². The largest absolute Gasteiger partial charge is 0.331 e. The maximum absolute atomic E-state index is 6.10. The first-order valence-corrected chi connectivity index (χ1v) is 7.19. The van der Waals surface area contributed by atoms with E-state index in [1.54, 1.807) is 6.07 Å². The van der Waals surface area contributed by atoms with Crippen LogP contribution in [-0.2, 0) is 13.6 Å². The second-order valence-electron chi connectivity index (χ2n) is 4.68. The van der Waals surface area contributed by atoms with Crippen molar-refractivity contribution in [3.8, 4) is 0 Å². The number of fused-ring (bicyclic) bond motifs is 1. The Balaban J connectivity index is 2.16. The van der Waals surface area contributed by atoms with E-state index < -0.39 is 0 Å². The molecule has 0 fully saturated rings. The second kappa shape index (κ2) is 4.91. The van der Waals surface area contributed by atoms with Gasteiger partial charge in [0.15, 0.2) is 4.77 Å². The highest BCUT2D eigenvalue weighted by Gasteiger charge is 2.11. The number of aryl methyl sites for hydroxylation is 1. The van der Waals surface area contributed by atoms with Gasteiger partial charge in [-0.3, -0.25) is 4.68 Å². The van der Waals surface area contributed by atoms with Crippen LogP contribution in [0.3, 0.4) is 0 Å². The molecule has 3 rings (SSSR count). The Bertz CT molecular complexity index is 859. The van der Waals surface area contributed by atoms with Gasteiger partial charge in [-0.25, -0.2) is 0 Å². The minimum Gasteiger partial charge on any atom is -0.331 e. The molecule has 2 heterocycles. The highest BCUT2D eigenvalue weighted by atomic mass is 35.5. The Morgan fingerprint density at radius 2 is 2.00 bits per heavy atom. The predicted octanol–water partition coefficient (Wildman–Crippen LogP) is 4.10. The molecule has 0 aliphatic rings. The van der Waals surface area contributed by atoms with Crippen LogP contribution in [-0.4, -0.2) is 19.3 Å². The molecular formula is C13H12Cl2N4S. The summed E-state index contributed by atoms with van der Waals surface area (Å²) in [4.78, 5) is 3.15. The smallest absolute Gasteiger partial charge is 0.178 e. The number of rotatable bonds is 2. The van der Waals surface area contributed by atoms with Crippen molar-refractivity contribution >= 4 is 46.5 Å². The highest BCUT2D eigenvalue weighted by molar-refractivity contribution is 7.71. The summed E-state index contributed by atoms with van der Waals surface area (Å²) >= 11 is 17.5. The van der Waals surface area contributed by atoms with Crippen LogP contribution in [0, 0.1) is 11.7 Å². The van der Waals surface area contributed by atoms with Crippen molar-refractivity contribution in [1.29, 1.82) is 0 Å². The summed E-state index contributed by atoms with van der Waals surface area (Å²) in [5.41, 5.74) is 4.05. The van der Waals surface area contributed by atoms with Gasteiger partial charge in [-0.05, 0) is 31.3 Å². The first-order chi connectivity index (χ1) is 9.47. The second-order valence-corrected chi connectivity index (χ2v) is 5.88. The first-order valence-electron chi connectivity index (χ1n) is 6.02. The zero-order valence-corrected chi connectivity index (χ0v) is 13.3. The van der Waals surface area contributed by atoms with E-state index in [4.69, 9.17) is 35.4 Å². The molecule has 0 unspecified atom stereocenters. The monoisotopic (exact) mass is 326 g/mol. The number of benzene rings is 1. The molecule has 7 heteroatoms. The number of aromatic nitrogens is 4. The van der Waals surface area contributed by atoms with Gasteiger partial charge in [-0.15, -0.1) is 0 Å². The lowest BCUT2D eigenvalue weighted by Gasteiger charge is -2.05. The van der Waals surface area contributed by atoms with Crippen LogP contribution >= 0.6 is 35.4 Å². The van der Waals surface area contributed by atoms with Crippen LogP contribution < -0.4 is 0 Å². The molecule has 0 spiro atoms. The van der Waals surface area contributed by atoms with E-state index in [2.05, 4.69) is 10.1 Å². The van der Waals surface area contributed by atoms with Crippen LogP contribution in [0.5, 0.6) is 0 Å². The summed E-state index contributed by atoms with van der Waals surface area (Å²) in [5, 5.41) is 5.28. The molecule has 0 saturated heterocycles. The average Bonchev–Trinajstić information content (AvgIpc) is 2.86. The molecule has 2 aromatic heterocycles. The number of aromatic amines is 1. The van der Waals surface area contributed by atoms with Crippen LogP contribution in [0.2, 0.25) is 10.0 Å². The first kappa shape index (κ1) is 13.7. The lowest BCUT2D eigenvalue weighted by atomic mass is 10.2. The predicted molar refractivity (Wildman–Crippen MR) is 84.2 cm³/mol. The van der Waals surface area contributed by atoms with Crippen molar-refractivity contribution in [2.45, 2.75) is 13.5 Å². The van der Waals surface area contributed by atoms with E-state index in [1.165, 1.54) is 0 Å². The molecule has 0 bridgehead atoms. The number of H-pyrrole nitrogens is 1. The Kier molecular flexibility index (Phi) is 3.36. The number of imidazole rings is 1. The van der Waals surface area contributed by atoms with Crippen LogP contribution in [0.4, 0.5) is 0 Å². The molecule has 20 heavy (non-hydrogen) atoms. The van der Waals surface area contributed by atoms with Crippen molar-refractivity contribution in [2.75, 3.05) is 0 Å². The third-order valence-corrected chi connectivity index (χ3v) is 4.53. The van der Waals surface area contributed by atoms with Gasteiger partial charge < -0.3 is 9.55 Å². The molecule has 0 radical (unpaired) electrons. The van der Waals surface area contributed by atoms with Gasteiger partial charge in [0.05, 0.1) is 33.8 Å². The standard InChI is InChI=1S/C13H12Cl2N4S/c1-7-8(5-16-18(7)2)6-19-12-4-10(15)9(14)3-11(12)17-13(19)20/h3-5H,6H2,1-2H3,(H,17,20). The Hall–Kier alpha value is -1.30. The van der Waals surface area contributed by atoms with E-state index in [1.807, 2.05) is 35.5 Å². The normalized spacial score (nSPS) is 11.4. The zero-order valence-electron chi connectivity index (χ0n) is 10.9. The quantitative estimate of drug-likeness (QED) is 0.720. The SMILES string of the molecule is Cc1c(Cn2c(=S)[nH]c3cc(Cl)c(Cl)cc32)cnn1C. The van der Waals surface area contributed by atoms with Gasteiger partial charge in [0, 0.05) is 18.3 Å². The lowest BCUT2D eigenvalue weighted by Crippen LogP contribution is -2.01. The van der Waals surface area contributed by atoms with Crippen molar-refractivity contribution in [3.63, 3.8) is 0 Å². The summed E-state index contributed by atoms with van der Waals surface area (Å²) in [5.74, 6) is 0. The third-order valence-electron chi connectivity index (χ3n) is 3.48. The van der Waals surface area contributed by atoms with E-state index >= 15 is 0 Å². The fourth-order valence-corrected chi connectivity index (χ4v) is 2.77. The number of nitrogens with one attached hydrogen (secondary N) is 1. The summed E-state index contributed by atoms with van der Waals surface area (Å²) in [7, 11) is 1.92. The minimum absolute atomic E-state index is 0.514. The fourth-order valence-electron chi connectivity index (χ4n) is 2.18. The number of halogens is 2. The highest BCUT2D eigenvalue weighted by Crippen LogP contribution is 2.28. The maximum atomic E-state index is 6.10. The van der Waals surface area contributed by atoms with Gasteiger partial charge in [-0.2, -0.15) is 5.10 Å². The minimum atomic E-state index is 0.514. The Labute approximate surface area is 130 Å². The van der Waals surface area contributed by atoms with Crippen molar-refractivity contribution in [2.24, 2.45) is 7.05 Å². The molecule has 0 saturated carbocycles. The lowest BCUT2D eigenvalue weighted by molar-refractivity contribution is 0.732. The molecule has 3 aromatic rings. The molecule has 0 atom stereocenters. The van der Waals surface area contributed by atoms with Crippen LogP contribution in [0.1, 0.15) is 11.3 Å². The van der Waals surface area contributed by atoms with Crippen LogP contribution in [0.15, 0.2) is 18.3 Å². The number of hydrogen-bond donors (Lipinski definition) is 1. The zero-order chi connectivity index (χ0) is 14.4. The van der Waals surface area contributed by atoms with E-state index in [0.29, 0.717) is 21.4 Å². The van der Waals surface area contributed by atoms with Gasteiger partial charge in [0.25, 0.3) is 0 Å². The van der Waals surface area contributed by atoms with Crippen LogP contribution in [0.25, 0.3) is 11.0 Å². The summed E-state index contributed by atoms with van der Waals surface area (Å²) in [6, 6.07) is 3.62. The Morgan fingerprint density at radius 1 is 1.30 bits per heavy atom. The van der Waals surface area contributed by atoms with E-state index in [-0.39, 0.29) is 0 Å². The fraction of sp³-hybridized carbons (Fsp3) is 0.231. The molecule has 0 aliphatic heterocycles. The van der Waals surface area contributed by atoms with E-state index in [0.717, 1.165) is 22.3 Å². The van der Waals surface area contributed by atoms with Crippen molar-refractivity contribution in [1.82, 2.24) is 19.3 Å². The number of hydrogen-bond acceptors (Lipinski definition) is 2. The van der Waals surface area contributed by atoms with Crippen molar-refractivity contribution in [3.05, 3.63) is 44.4 Å². The molecule has 1 aromatic carbocycles. The number of nitrogens with zero attached hydrogens (tertiary/aromatic N) is 3. The molecule has 0 aliphatic carbocycles. The molecule has 0 amide bonds. The van der Waals surface area contributed by atoms with Gasteiger partial charge >= 0.3 is 0 Å². The molecule has 4 nitrogen and oxygen atoms in total. The summed E-state index contributed by atoms with van der Waals surface area (Å²) in [6.45, 7) is 2.68. The molecular weight excluding hydrogens is 315 g/mol. The van der Waals surface area contributed by atoms with Gasteiger partial charge in [0.2, 0.25) is 0 Å². The van der Waals surface area contributed by atoms with Gasteiger partial charge in [-0.1, -0.05) is 23.2 Å². The summed E-state index contributed by atoms with van der Waals surface area (Å²) in [6.07, 6.45) is 1.85. The average molecular weight is 327 g/mol.